The molecule has 0 bridgehead atoms. The summed E-state index contributed by atoms with van der Waals surface area (Å²) in [5.41, 5.74) is 3.36. The second kappa shape index (κ2) is 8.05. The molecule has 0 aliphatic carbocycles. The van der Waals surface area contributed by atoms with E-state index in [9.17, 15) is 15.1 Å². The molecule has 0 unspecified atom stereocenters. The number of aromatic nitrogens is 2. The number of aliphatic carboxylic acids is 1. The fourth-order valence-corrected chi connectivity index (χ4v) is 2.35. The van der Waals surface area contributed by atoms with E-state index in [1.165, 1.54) is 7.11 Å². The summed E-state index contributed by atoms with van der Waals surface area (Å²) in [5.74, 6) is -1.14. The van der Waals surface area contributed by atoms with Crippen LogP contribution in [0.3, 0.4) is 0 Å². The van der Waals surface area contributed by atoms with Crippen LogP contribution in [0.1, 0.15) is 28.2 Å². The van der Waals surface area contributed by atoms with Gasteiger partial charge in [0.15, 0.2) is 0 Å². The van der Waals surface area contributed by atoms with E-state index in [1.807, 2.05) is 13.8 Å². The van der Waals surface area contributed by atoms with Gasteiger partial charge in [-0.1, -0.05) is 29.4 Å². The topological polar surface area (TPSA) is 105 Å². The molecule has 130 valence electrons. The third-order valence-corrected chi connectivity index (χ3v) is 3.71. The first-order chi connectivity index (χ1) is 12.0. The molecule has 0 atom stereocenters. The van der Waals surface area contributed by atoms with Crippen LogP contribution in [0.4, 0.5) is 0 Å². The van der Waals surface area contributed by atoms with Crippen molar-refractivity contribution in [3.8, 4) is 0 Å². The number of hydrogen-bond donors (Lipinski definition) is 2. The average molecular weight is 341 g/mol. The first kappa shape index (κ1) is 18.1. The van der Waals surface area contributed by atoms with E-state index in [0.717, 1.165) is 17.6 Å². The Balaban J connectivity index is 2.46. The first-order valence-electron chi connectivity index (χ1n) is 7.54. The lowest BCUT2D eigenvalue weighted by Gasteiger charge is -2.12. The predicted molar refractivity (Wildman–Crippen MR) is 92.6 cm³/mol. The second-order valence-corrected chi connectivity index (χ2v) is 5.37. The standard InChI is InChI=1S/C18H19N3O4/c1-11-12(2)20-13(9-19-11)8-17(21-24)15-7-5-4-6-14(15)16(10-25-3)18(22)23/h4-7,9-10,24H,8H2,1-3H3,(H,22,23)/b16-10+,21-17?. The third kappa shape index (κ3) is 4.20. The Morgan fingerprint density at radius 2 is 1.92 bits per heavy atom. The maximum absolute atomic E-state index is 11.5. The largest absolute Gasteiger partial charge is 0.503 e. The molecule has 0 fully saturated rings. The van der Waals surface area contributed by atoms with Crippen LogP contribution in [0, 0.1) is 13.8 Å². The molecule has 0 aliphatic heterocycles. The summed E-state index contributed by atoms with van der Waals surface area (Å²) in [6, 6.07) is 6.76. The molecular weight excluding hydrogens is 322 g/mol. The minimum Gasteiger partial charge on any atom is -0.503 e. The quantitative estimate of drug-likeness (QED) is 0.275. The average Bonchev–Trinajstić information content (AvgIpc) is 2.60. The van der Waals surface area contributed by atoms with Crippen molar-refractivity contribution in [3.63, 3.8) is 0 Å². The number of aryl methyl sites for hydroxylation is 2. The van der Waals surface area contributed by atoms with Crippen molar-refractivity contribution in [1.82, 2.24) is 9.97 Å². The predicted octanol–water partition coefficient (Wildman–Crippen LogP) is 2.59. The Kier molecular flexibility index (Phi) is 5.84. The number of oxime groups is 1. The first-order valence-corrected chi connectivity index (χ1v) is 7.54. The van der Waals surface area contributed by atoms with Crippen LogP contribution < -0.4 is 0 Å². The highest BCUT2D eigenvalue weighted by Crippen LogP contribution is 2.22. The van der Waals surface area contributed by atoms with Gasteiger partial charge in [0, 0.05) is 23.7 Å². The van der Waals surface area contributed by atoms with Gasteiger partial charge in [-0.15, -0.1) is 0 Å². The summed E-state index contributed by atoms with van der Waals surface area (Å²) in [5, 5.41) is 22.3. The molecule has 7 heteroatoms. The van der Waals surface area contributed by atoms with Crippen LogP contribution in [0.15, 0.2) is 41.9 Å². The van der Waals surface area contributed by atoms with Gasteiger partial charge in [0.05, 0.1) is 36.2 Å². The van der Waals surface area contributed by atoms with Crippen LogP contribution in [0.25, 0.3) is 5.57 Å². The number of carboxylic acids is 1. The maximum atomic E-state index is 11.5. The van der Waals surface area contributed by atoms with E-state index in [2.05, 4.69) is 15.1 Å². The molecule has 1 aromatic heterocycles. The molecule has 0 saturated heterocycles. The van der Waals surface area contributed by atoms with Gasteiger partial charge >= 0.3 is 5.97 Å². The number of ether oxygens (including phenoxy) is 1. The Labute approximate surface area is 145 Å². The number of hydrogen-bond acceptors (Lipinski definition) is 6. The van der Waals surface area contributed by atoms with Crippen molar-refractivity contribution < 1.29 is 19.8 Å². The molecular formula is C18H19N3O4. The van der Waals surface area contributed by atoms with E-state index in [-0.39, 0.29) is 17.7 Å². The fourth-order valence-electron chi connectivity index (χ4n) is 2.35. The third-order valence-electron chi connectivity index (χ3n) is 3.71. The number of nitrogens with zero attached hydrogens (tertiary/aromatic N) is 3. The van der Waals surface area contributed by atoms with Crippen LogP contribution >= 0.6 is 0 Å². The molecule has 25 heavy (non-hydrogen) atoms. The molecule has 7 nitrogen and oxygen atoms in total. The van der Waals surface area contributed by atoms with Crippen molar-refractivity contribution in [2.45, 2.75) is 20.3 Å². The zero-order valence-corrected chi connectivity index (χ0v) is 14.2. The highest BCUT2D eigenvalue weighted by molar-refractivity contribution is 6.19. The van der Waals surface area contributed by atoms with E-state index in [1.54, 1.807) is 30.5 Å². The van der Waals surface area contributed by atoms with Gasteiger partial charge in [-0.3, -0.25) is 9.97 Å². The number of carboxylic acid groups (broad SMARTS) is 1. The lowest BCUT2D eigenvalue weighted by molar-refractivity contribution is -0.130. The fraction of sp³-hybridized carbons (Fsp3) is 0.222. The molecule has 0 amide bonds. The summed E-state index contributed by atoms with van der Waals surface area (Å²) in [7, 11) is 1.37. The number of rotatable bonds is 6. The number of methoxy groups -OCH3 is 1. The minimum atomic E-state index is -1.14. The van der Waals surface area contributed by atoms with E-state index in [0.29, 0.717) is 16.8 Å². The zero-order valence-electron chi connectivity index (χ0n) is 14.2. The molecule has 2 rings (SSSR count). The monoisotopic (exact) mass is 341 g/mol. The van der Waals surface area contributed by atoms with Gasteiger partial charge in [0.1, 0.15) is 5.57 Å². The van der Waals surface area contributed by atoms with E-state index < -0.39 is 5.97 Å². The minimum absolute atomic E-state index is 0.0366. The number of benzene rings is 1. The SMILES string of the molecule is CO/C=C(/C(=O)O)c1ccccc1C(Cc1cnc(C)c(C)n1)=NO. The molecule has 0 radical (unpaired) electrons. The van der Waals surface area contributed by atoms with Gasteiger partial charge in [0.25, 0.3) is 0 Å². The van der Waals surface area contributed by atoms with Gasteiger partial charge in [-0.2, -0.15) is 0 Å². The molecule has 0 spiro atoms. The molecule has 2 aromatic rings. The van der Waals surface area contributed by atoms with Gasteiger partial charge in [0.2, 0.25) is 0 Å². The Bertz CT molecular complexity index is 844. The van der Waals surface area contributed by atoms with Crippen molar-refractivity contribution in [2.24, 2.45) is 5.16 Å². The zero-order chi connectivity index (χ0) is 18.4. The highest BCUT2D eigenvalue weighted by atomic mass is 16.5. The van der Waals surface area contributed by atoms with Gasteiger partial charge in [-0.25, -0.2) is 4.79 Å². The number of carbonyl (C=O) groups is 1. The van der Waals surface area contributed by atoms with Crippen molar-refractivity contribution in [2.75, 3.05) is 7.11 Å². The summed E-state index contributed by atoms with van der Waals surface area (Å²) >= 11 is 0. The summed E-state index contributed by atoms with van der Waals surface area (Å²) in [6.07, 6.45) is 2.97. The van der Waals surface area contributed by atoms with Crippen LogP contribution in [-0.4, -0.2) is 39.1 Å². The highest BCUT2D eigenvalue weighted by Gasteiger charge is 2.19. The molecule has 0 saturated carbocycles. The summed E-state index contributed by atoms with van der Waals surface area (Å²) in [6.45, 7) is 3.70. The van der Waals surface area contributed by atoms with Crippen LogP contribution in [0.2, 0.25) is 0 Å². The maximum Gasteiger partial charge on any atom is 0.339 e. The lowest BCUT2D eigenvalue weighted by atomic mass is 9.95. The second-order valence-electron chi connectivity index (χ2n) is 5.37. The van der Waals surface area contributed by atoms with Crippen molar-refractivity contribution in [3.05, 3.63) is 64.9 Å². The van der Waals surface area contributed by atoms with Crippen LogP contribution in [-0.2, 0) is 16.0 Å². The van der Waals surface area contributed by atoms with Crippen LogP contribution in [0.5, 0.6) is 0 Å². The van der Waals surface area contributed by atoms with Gasteiger partial charge in [-0.05, 0) is 13.8 Å². The lowest BCUT2D eigenvalue weighted by Crippen LogP contribution is -2.13. The molecule has 2 N–H and O–H groups in total. The molecule has 0 aliphatic rings. The van der Waals surface area contributed by atoms with E-state index in [4.69, 9.17) is 4.74 Å². The Morgan fingerprint density at radius 1 is 1.24 bits per heavy atom. The van der Waals surface area contributed by atoms with Crippen molar-refractivity contribution in [1.29, 1.82) is 0 Å². The Morgan fingerprint density at radius 3 is 2.48 bits per heavy atom. The van der Waals surface area contributed by atoms with Crippen molar-refractivity contribution >= 4 is 17.3 Å². The summed E-state index contributed by atoms with van der Waals surface area (Å²) in [4.78, 5) is 20.2. The smallest absolute Gasteiger partial charge is 0.339 e. The molecule has 1 heterocycles. The normalized spacial score (nSPS) is 12.1. The van der Waals surface area contributed by atoms with Gasteiger partial charge < -0.3 is 15.1 Å². The Hall–Kier alpha value is -3.22. The molecule has 1 aromatic carbocycles. The van der Waals surface area contributed by atoms with E-state index >= 15 is 0 Å². The summed E-state index contributed by atoms with van der Waals surface area (Å²) < 4.78 is 4.87.